The number of fused-ring (bicyclic) bond motifs is 1. The van der Waals surface area contributed by atoms with Crippen molar-refractivity contribution in [1.29, 1.82) is 0 Å². The van der Waals surface area contributed by atoms with Crippen LogP contribution in [-0.2, 0) is 17.9 Å². The largest absolute Gasteiger partial charge is 0.454 e. The van der Waals surface area contributed by atoms with E-state index in [1.54, 1.807) is 0 Å². The summed E-state index contributed by atoms with van der Waals surface area (Å²) in [6.45, 7) is 5.11. The Morgan fingerprint density at radius 3 is 2.58 bits per heavy atom. The number of nitrogens with zero attached hydrogens (tertiary/aromatic N) is 2. The number of halogens is 1. The van der Waals surface area contributed by atoms with E-state index in [0.29, 0.717) is 19.5 Å². The van der Waals surface area contributed by atoms with Crippen LogP contribution in [-0.4, -0.2) is 31.7 Å². The molecule has 1 fully saturated rings. The highest BCUT2D eigenvalue weighted by Gasteiger charge is 2.19. The average Bonchev–Trinajstić information content (AvgIpc) is 3.24. The Morgan fingerprint density at radius 1 is 1.03 bits per heavy atom. The van der Waals surface area contributed by atoms with Gasteiger partial charge in [-0.25, -0.2) is 4.99 Å². The van der Waals surface area contributed by atoms with Crippen molar-refractivity contribution in [1.82, 2.24) is 10.6 Å². The smallest absolute Gasteiger partial charge is 0.231 e. The maximum absolute atomic E-state index is 12.1. The van der Waals surface area contributed by atoms with Crippen LogP contribution in [0.25, 0.3) is 0 Å². The zero-order chi connectivity index (χ0) is 20.8. The number of amides is 1. The summed E-state index contributed by atoms with van der Waals surface area (Å²) < 4.78 is 10.8. The number of piperidine rings is 1. The van der Waals surface area contributed by atoms with E-state index in [4.69, 9.17) is 9.47 Å². The maximum Gasteiger partial charge on any atom is 0.231 e. The maximum atomic E-state index is 12.1. The highest BCUT2D eigenvalue weighted by atomic mass is 127. The van der Waals surface area contributed by atoms with Crippen molar-refractivity contribution in [2.45, 2.75) is 39.3 Å². The minimum atomic E-state index is 0. The molecule has 4 rings (SSSR count). The second kappa shape index (κ2) is 11.2. The van der Waals surface area contributed by atoms with Crippen LogP contribution in [0.4, 0.5) is 5.69 Å². The van der Waals surface area contributed by atoms with Gasteiger partial charge in [0.05, 0.1) is 6.54 Å². The Bertz CT molecular complexity index is 918. The third kappa shape index (κ3) is 6.03. The Balaban J connectivity index is 0.00000272. The molecular weight excluding hydrogens is 507 g/mol. The first-order valence-corrected chi connectivity index (χ1v) is 10.5. The molecule has 31 heavy (non-hydrogen) atoms. The lowest BCUT2D eigenvalue weighted by Gasteiger charge is -2.26. The van der Waals surface area contributed by atoms with Gasteiger partial charge in [0.1, 0.15) is 0 Å². The highest BCUT2D eigenvalue weighted by molar-refractivity contribution is 14.0. The minimum absolute atomic E-state index is 0. The molecule has 2 aromatic rings. The highest BCUT2D eigenvalue weighted by Crippen LogP contribution is 2.32. The van der Waals surface area contributed by atoms with Gasteiger partial charge in [-0.05, 0) is 55.2 Å². The van der Waals surface area contributed by atoms with Gasteiger partial charge in [-0.3, -0.25) is 4.79 Å². The molecule has 0 saturated carbocycles. The molecule has 1 saturated heterocycles. The van der Waals surface area contributed by atoms with Gasteiger partial charge in [0.2, 0.25) is 12.7 Å². The molecule has 1 amide bonds. The summed E-state index contributed by atoms with van der Waals surface area (Å²) >= 11 is 0. The zero-order valence-electron chi connectivity index (χ0n) is 17.7. The molecule has 166 valence electrons. The van der Waals surface area contributed by atoms with Crippen molar-refractivity contribution in [3.05, 3.63) is 53.6 Å². The number of carbonyl (C=O) groups excluding carboxylic acids is 1. The van der Waals surface area contributed by atoms with Crippen molar-refractivity contribution < 1.29 is 14.3 Å². The molecule has 2 aromatic carbocycles. The van der Waals surface area contributed by atoms with E-state index in [1.807, 2.05) is 42.2 Å². The van der Waals surface area contributed by atoms with Gasteiger partial charge in [0, 0.05) is 31.7 Å². The second-order valence-corrected chi connectivity index (χ2v) is 7.41. The molecule has 0 aliphatic carbocycles. The van der Waals surface area contributed by atoms with Crippen LogP contribution in [0.5, 0.6) is 11.5 Å². The van der Waals surface area contributed by atoms with Crippen LogP contribution < -0.4 is 25.0 Å². The van der Waals surface area contributed by atoms with Crippen LogP contribution in [0.2, 0.25) is 0 Å². The summed E-state index contributed by atoms with van der Waals surface area (Å²) in [5.74, 6) is 2.53. The van der Waals surface area contributed by atoms with Gasteiger partial charge in [0.25, 0.3) is 0 Å². The predicted molar refractivity (Wildman–Crippen MR) is 132 cm³/mol. The molecule has 2 heterocycles. The van der Waals surface area contributed by atoms with Crippen molar-refractivity contribution in [3.63, 3.8) is 0 Å². The van der Waals surface area contributed by atoms with E-state index >= 15 is 0 Å². The van der Waals surface area contributed by atoms with Crippen LogP contribution >= 0.6 is 24.0 Å². The Morgan fingerprint density at radius 2 is 1.81 bits per heavy atom. The second-order valence-electron chi connectivity index (χ2n) is 7.41. The summed E-state index contributed by atoms with van der Waals surface area (Å²) in [5, 5.41) is 6.64. The Kier molecular flexibility index (Phi) is 8.39. The fourth-order valence-electron chi connectivity index (χ4n) is 3.61. The molecule has 7 nitrogen and oxygen atoms in total. The number of nitrogens with one attached hydrogen (secondary N) is 2. The Hall–Kier alpha value is -2.49. The molecule has 0 radical (unpaired) electrons. The van der Waals surface area contributed by atoms with Crippen molar-refractivity contribution >= 4 is 41.5 Å². The van der Waals surface area contributed by atoms with Gasteiger partial charge >= 0.3 is 0 Å². The number of aliphatic imine (C=N–C) groups is 1. The summed E-state index contributed by atoms with van der Waals surface area (Å²) in [7, 11) is 0. The number of ether oxygens (including phenoxy) is 2. The third-order valence-electron chi connectivity index (χ3n) is 5.23. The van der Waals surface area contributed by atoms with E-state index < -0.39 is 0 Å². The molecule has 0 spiro atoms. The normalized spacial score (nSPS) is 15.5. The first-order chi connectivity index (χ1) is 14.7. The number of hydrogen-bond acceptors (Lipinski definition) is 4. The fraction of sp³-hybridized carbons (Fsp3) is 0.391. The predicted octanol–water partition coefficient (Wildman–Crippen LogP) is 3.81. The summed E-state index contributed by atoms with van der Waals surface area (Å²) in [5.41, 5.74) is 3.18. The van der Waals surface area contributed by atoms with E-state index in [1.165, 1.54) is 0 Å². The SMILES string of the molecule is CCNC(=NCc1ccc2c(c1)OCO2)NCc1ccc(N2CCCCC2=O)cc1.I. The average molecular weight is 536 g/mol. The molecule has 0 atom stereocenters. The first-order valence-electron chi connectivity index (χ1n) is 10.5. The lowest BCUT2D eigenvalue weighted by Crippen LogP contribution is -2.37. The van der Waals surface area contributed by atoms with Crippen molar-refractivity contribution in [2.24, 2.45) is 4.99 Å². The van der Waals surface area contributed by atoms with Gasteiger partial charge in [0.15, 0.2) is 17.5 Å². The van der Waals surface area contributed by atoms with Crippen LogP contribution in [0.3, 0.4) is 0 Å². The van der Waals surface area contributed by atoms with E-state index in [9.17, 15) is 4.79 Å². The topological polar surface area (TPSA) is 75.2 Å². The fourth-order valence-corrected chi connectivity index (χ4v) is 3.61. The number of benzene rings is 2. The van der Waals surface area contributed by atoms with Crippen molar-refractivity contribution in [2.75, 3.05) is 24.8 Å². The quantitative estimate of drug-likeness (QED) is 0.334. The minimum Gasteiger partial charge on any atom is -0.454 e. The van der Waals surface area contributed by atoms with Gasteiger partial charge in [-0.15, -0.1) is 24.0 Å². The zero-order valence-corrected chi connectivity index (χ0v) is 20.1. The molecule has 0 bridgehead atoms. The first kappa shape index (κ1) is 23.2. The van der Waals surface area contributed by atoms with E-state index in [-0.39, 0.29) is 36.7 Å². The van der Waals surface area contributed by atoms with Gasteiger partial charge in [-0.1, -0.05) is 18.2 Å². The Labute approximate surface area is 200 Å². The van der Waals surface area contributed by atoms with Crippen LogP contribution in [0, 0.1) is 0 Å². The molecule has 2 N–H and O–H groups in total. The number of anilines is 1. The standard InChI is InChI=1S/C23H28N4O3.HI/c1-2-24-23(26-15-18-8-11-20-21(13-18)30-16-29-20)25-14-17-6-9-19(10-7-17)27-12-4-3-5-22(27)28;/h6-11,13H,2-5,12,14-16H2,1H3,(H2,24,25,26);1H. The molecule has 0 unspecified atom stereocenters. The van der Waals surface area contributed by atoms with E-state index in [0.717, 1.165) is 60.2 Å². The van der Waals surface area contributed by atoms with E-state index in [2.05, 4.69) is 27.8 Å². The summed E-state index contributed by atoms with van der Waals surface area (Å²) in [6.07, 6.45) is 2.71. The number of hydrogen-bond donors (Lipinski definition) is 2. The number of rotatable bonds is 6. The summed E-state index contributed by atoms with van der Waals surface area (Å²) in [4.78, 5) is 18.6. The van der Waals surface area contributed by atoms with Crippen LogP contribution in [0.1, 0.15) is 37.3 Å². The van der Waals surface area contributed by atoms with Gasteiger partial charge in [-0.2, -0.15) is 0 Å². The third-order valence-corrected chi connectivity index (χ3v) is 5.23. The lowest BCUT2D eigenvalue weighted by molar-refractivity contribution is -0.119. The number of carbonyl (C=O) groups is 1. The molecule has 2 aliphatic rings. The molecule has 2 aliphatic heterocycles. The molecule has 0 aromatic heterocycles. The summed E-state index contributed by atoms with van der Waals surface area (Å²) in [6, 6.07) is 14.1. The lowest BCUT2D eigenvalue weighted by atomic mass is 10.1. The van der Waals surface area contributed by atoms with Gasteiger partial charge < -0.3 is 25.0 Å². The molecular formula is C23H29IN4O3. The monoisotopic (exact) mass is 536 g/mol. The van der Waals surface area contributed by atoms with Crippen LogP contribution in [0.15, 0.2) is 47.5 Å². The molecule has 8 heteroatoms. The van der Waals surface area contributed by atoms with Crippen molar-refractivity contribution in [3.8, 4) is 11.5 Å². The number of guanidine groups is 1.